The minimum atomic E-state index is -3.77. The van der Waals surface area contributed by atoms with Gasteiger partial charge in [-0.3, -0.25) is 0 Å². The van der Waals surface area contributed by atoms with Crippen molar-refractivity contribution < 1.29 is 17.9 Å². The summed E-state index contributed by atoms with van der Waals surface area (Å²) in [6.07, 6.45) is 1.17. The van der Waals surface area contributed by atoms with E-state index < -0.39 is 22.1 Å². The maximum Gasteiger partial charge on any atom is 0.243 e. The molecule has 0 spiro atoms. The lowest BCUT2D eigenvalue weighted by atomic mass is 10.1. The average Bonchev–Trinajstić information content (AvgIpc) is 2.99. The first-order chi connectivity index (χ1) is 11.8. The smallest absolute Gasteiger partial charge is 0.243 e. The van der Waals surface area contributed by atoms with Crippen LogP contribution in [0.25, 0.3) is 0 Å². The van der Waals surface area contributed by atoms with Gasteiger partial charge in [0.2, 0.25) is 10.0 Å². The molecular formula is C19H22FNO3S. The molecule has 25 heavy (non-hydrogen) atoms. The van der Waals surface area contributed by atoms with Crippen LogP contribution in [0.2, 0.25) is 0 Å². The predicted molar refractivity (Wildman–Crippen MR) is 94.2 cm³/mol. The number of rotatable bonds is 4. The fourth-order valence-electron chi connectivity index (χ4n) is 3.60. The Morgan fingerprint density at radius 3 is 2.24 bits per heavy atom. The summed E-state index contributed by atoms with van der Waals surface area (Å²) in [4.78, 5) is 0.234. The zero-order chi connectivity index (χ0) is 18.2. The van der Waals surface area contributed by atoms with Crippen LogP contribution in [0.15, 0.2) is 47.4 Å². The van der Waals surface area contributed by atoms with Crippen molar-refractivity contribution in [3.05, 3.63) is 65.0 Å². The molecule has 0 amide bonds. The minimum absolute atomic E-state index is 0.234. The van der Waals surface area contributed by atoms with Gasteiger partial charge in [0.1, 0.15) is 5.82 Å². The molecule has 4 nitrogen and oxygen atoms in total. The Labute approximate surface area is 148 Å². The normalized spacial score (nSPS) is 21.6. The first-order valence-corrected chi connectivity index (χ1v) is 9.75. The van der Waals surface area contributed by atoms with Crippen LogP contribution in [0.4, 0.5) is 4.39 Å². The van der Waals surface area contributed by atoms with Gasteiger partial charge < -0.3 is 5.11 Å². The van der Waals surface area contributed by atoms with Crippen LogP contribution in [0, 0.1) is 19.7 Å². The Kier molecular flexibility index (Phi) is 4.95. The molecule has 3 rings (SSSR count). The minimum Gasteiger partial charge on any atom is -0.395 e. The highest BCUT2D eigenvalue weighted by atomic mass is 32.2. The van der Waals surface area contributed by atoms with E-state index in [0.29, 0.717) is 12.8 Å². The van der Waals surface area contributed by atoms with Crippen molar-refractivity contribution in [2.24, 2.45) is 0 Å². The Morgan fingerprint density at radius 2 is 1.68 bits per heavy atom. The molecule has 0 unspecified atom stereocenters. The number of halogens is 1. The Morgan fingerprint density at radius 1 is 1.08 bits per heavy atom. The van der Waals surface area contributed by atoms with Crippen molar-refractivity contribution in [1.29, 1.82) is 0 Å². The summed E-state index contributed by atoms with van der Waals surface area (Å²) in [6, 6.07) is 10.3. The van der Waals surface area contributed by atoms with E-state index in [9.17, 15) is 17.9 Å². The molecule has 0 radical (unpaired) electrons. The summed E-state index contributed by atoms with van der Waals surface area (Å²) in [5, 5.41) is 9.70. The van der Waals surface area contributed by atoms with Crippen LogP contribution < -0.4 is 0 Å². The number of aliphatic hydroxyl groups excluding tert-OH is 1. The molecule has 2 aromatic rings. The number of hydrogen-bond donors (Lipinski definition) is 1. The van der Waals surface area contributed by atoms with E-state index in [-0.39, 0.29) is 17.3 Å². The van der Waals surface area contributed by atoms with E-state index >= 15 is 0 Å². The number of benzene rings is 2. The van der Waals surface area contributed by atoms with Gasteiger partial charge in [0.15, 0.2) is 0 Å². The van der Waals surface area contributed by atoms with Gasteiger partial charge in [-0.15, -0.1) is 0 Å². The summed E-state index contributed by atoms with van der Waals surface area (Å²) >= 11 is 0. The Hall–Kier alpha value is -1.76. The van der Waals surface area contributed by atoms with Gasteiger partial charge in [-0.2, -0.15) is 4.31 Å². The SMILES string of the molecule is Cc1cc(C)cc(S(=O)(=O)N2[C@H](CO)CC[C@@H]2c2ccc(F)cc2)c1. The first kappa shape index (κ1) is 18.0. The van der Waals surface area contributed by atoms with Crippen LogP contribution in [0.1, 0.15) is 35.6 Å². The molecule has 1 aliphatic heterocycles. The third-order valence-corrected chi connectivity index (χ3v) is 6.62. The molecule has 134 valence electrons. The summed E-state index contributed by atoms with van der Waals surface area (Å²) in [5.41, 5.74) is 2.48. The fourth-order valence-corrected chi connectivity index (χ4v) is 5.64. The molecule has 1 heterocycles. The number of nitrogens with zero attached hydrogens (tertiary/aromatic N) is 1. The second-order valence-electron chi connectivity index (χ2n) is 6.64. The molecule has 1 saturated heterocycles. The zero-order valence-corrected chi connectivity index (χ0v) is 15.1. The molecule has 0 bridgehead atoms. The second-order valence-corrected chi connectivity index (χ2v) is 8.48. The standard InChI is InChI=1S/C19H22FNO3S/c1-13-9-14(2)11-18(10-13)25(23,24)21-17(12-22)7-8-19(21)15-3-5-16(20)6-4-15/h3-6,9-11,17,19,22H,7-8,12H2,1-2H3/t17-,19+/m0/s1. The van der Waals surface area contributed by atoms with Crippen molar-refractivity contribution in [3.63, 3.8) is 0 Å². The number of sulfonamides is 1. The van der Waals surface area contributed by atoms with Crippen LogP contribution >= 0.6 is 0 Å². The summed E-state index contributed by atoms with van der Waals surface area (Å²) in [7, 11) is -3.77. The quantitative estimate of drug-likeness (QED) is 0.906. The molecule has 0 aromatic heterocycles. The van der Waals surface area contributed by atoms with Gasteiger partial charge in [0.25, 0.3) is 0 Å². The third kappa shape index (κ3) is 3.47. The predicted octanol–water partition coefficient (Wildman–Crippen LogP) is 3.33. The number of hydrogen-bond acceptors (Lipinski definition) is 3. The monoisotopic (exact) mass is 363 g/mol. The van der Waals surface area contributed by atoms with Crippen molar-refractivity contribution in [2.45, 2.75) is 43.7 Å². The van der Waals surface area contributed by atoms with Crippen molar-refractivity contribution >= 4 is 10.0 Å². The highest BCUT2D eigenvalue weighted by molar-refractivity contribution is 7.89. The van der Waals surface area contributed by atoms with Gasteiger partial charge in [-0.25, -0.2) is 12.8 Å². The largest absolute Gasteiger partial charge is 0.395 e. The molecule has 2 aromatic carbocycles. The third-order valence-electron chi connectivity index (χ3n) is 4.68. The average molecular weight is 363 g/mol. The summed E-state index contributed by atoms with van der Waals surface area (Å²) in [5.74, 6) is -0.357. The molecule has 1 N–H and O–H groups in total. The lowest BCUT2D eigenvalue weighted by Gasteiger charge is -2.29. The van der Waals surface area contributed by atoms with Crippen LogP contribution in [-0.4, -0.2) is 30.5 Å². The van der Waals surface area contributed by atoms with Crippen molar-refractivity contribution in [1.82, 2.24) is 4.31 Å². The molecule has 1 fully saturated rings. The number of aliphatic hydroxyl groups is 1. The molecule has 0 saturated carbocycles. The lowest BCUT2D eigenvalue weighted by molar-refractivity contribution is 0.197. The van der Waals surface area contributed by atoms with Gasteiger partial charge in [-0.1, -0.05) is 18.2 Å². The van der Waals surface area contributed by atoms with Crippen LogP contribution in [-0.2, 0) is 10.0 Å². The molecule has 0 aliphatic carbocycles. The second kappa shape index (κ2) is 6.86. The van der Waals surface area contributed by atoms with Crippen molar-refractivity contribution in [3.8, 4) is 0 Å². The van der Waals surface area contributed by atoms with Gasteiger partial charge in [0.05, 0.1) is 17.5 Å². The fraction of sp³-hybridized carbons (Fsp3) is 0.368. The van der Waals surface area contributed by atoms with Crippen LogP contribution in [0.5, 0.6) is 0 Å². The summed E-state index contributed by atoms with van der Waals surface area (Å²) in [6.45, 7) is 3.48. The highest BCUT2D eigenvalue weighted by Gasteiger charge is 2.42. The molecule has 2 atom stereocenters. The summed E-state index contributed by atoms with van der Waals surface area (Å²) < 4.78 is 41.2. The molecular weight excluding hydrogens is 341 g/mol. The van der Waals surface area contributed by atoms with Gasteiger partial charge in [0, 0.05) is 6.04 Å². The van der Waals surface area contributed by atoms with E-state index in [2.05, 4.69) is 0 Å². The van der Waals surface area contributed by atoms with Crippen LogP contribution in [0.3, 0.4) is 0 Å². The maximum atomic E-state index is 13.3. The first-order valence-electron chi connectivity index (χ1n) is 8.31. The molecule has 6 heteroatoms. The number of aryl methyl sites for hydroxylation is 2. The highest BCUT2D eigenvalue weighted by Crippen LogP contribution is 2.40. The van der Waals surface area contributed by atoms with Crippen molar-refractivity contribution in [2.75, 3.05) is 6.61 Å². The van der Waals surface area contributed by atoms with Gasteiger partial charge in [-0.05, 0) is 67.6 Å². The topological polar surface area (TPSA) is 57.6 Å². The van der Waals surface area contributed by atoms with Gasteiger partial charge >= 0.3 is 0 Å². The van der Waals surface area contributed by atoms with E-state index in [1.165, 1.54) is 16.4 Å². The van der Waals surface area contributed by atoms with E-state index in [1.54, 1.807) is 24.3 Å². The molecule has 1 aliphatic rings. The maximum absolute atomic E-state index is 13.3. The zero-order valence-electron chi connectivity index (χ0n) is 14.3. The van der Waals surface area contributed by atoms with E-state index in [1.807, 2.05) is 19.9 Å². The Balaban J connectivity index is 2.07. The Bertz CT molecular complexity index is 844. The van der Waals surface area contributed by atoms with E-state index in [0.717, 1.165) is 16.7 Å². The lowest BCUT2D eigenvalue weighted by Crippen LogP contribution is -2.39. The van der Waals surface area contributed by atoms with E-state index in [4.69, 9.17) is 0 Å².